The molecule has 1 atom stereocenters. The van der Waals surface area contributed by atoms with E-state index in [4.69, 9.17) is 4.74 Å². The molecule has 0 aliphatic carbocycles. The molecule has 1 aromatic carbocycles. The maximum Gasteiger partial charge on any atom is 0.322 e. The van der Waals surface area contributed by atoms with Crippen LogP contribution in [0.5, 0.6) is 11.6 Å². The fourth-order valence-electron chi connectivity index (χ4n) is 2.58. The second-order valence-corrected chi connectivity index (χ2v) is 8.38. The third kappa shape index (κ3) is 5.05. The van der Waals surface area contributed by atoms with Crippen LogP contribution in [-0.2, 0) is 21.4 Å². The smallest absolute Gasteiger partial charge is 0.322 e. The molecule has 3 aromatic rings. The Hall–Kier alpha value is -3.08. The molecule has 29 heavy (non-hydrogen) atoms. The largest absolute Gasteiger partial charge is 0.480 e. The van der Waals surface area contributed by atoms with Crippen LogP contribution in [0.2, 0.25) is 0 Å². The summed E-state index contributed by atoms with van der Waals surface area (Å²) >= 11 is 0. The Morgan fingerprint density at radius 3 is 2.55 bits per heavy atom. The van der Waals surface area contributed by atoms with Crippen molar-refractivity contribution in [2.75, 3.05) is 14.1 Å². The highest BCUT2D eigenvalue weighted by Gasteiger charge is 2.25. The van der Waals surface area contributed by atoms with E-state index >= 15 is 0 Å². The lowest BCUT2D eigenvalue weighted by molar-refractivity contribution is -0.138. The van der Waals surface area contributed by atoms with E-state index in [0.717, 1.165) is 15.1 Å². The summed E-state index contributed by atoms with van der Waals surface area (Å²) in [5, 5.41) is 11.1. The molecule has 0 radical (unpaired) electrons. The van der Waals surface area contributed by atoms with E-state index in [1.807, 2.05) is 6.07 Å². The predicted octanol–water partition coefficient (Wildman–Crippen LogP) is 1.81. The molecule has 2 heterocycles. The van der Waals surface area contributed by atoms with Crippen molar-refractivity contribution in [1.29, 1.82) is 0 Å². The number of hydrogen-bond donors (Lipinski definition) is 2. The van der Waals surface area contributed by atoms with Crippen molar-refractivity contribution in [3.8, 4) is 11.6 Å². The number of carbonyl (C=O) groups is 1. The van der Waals surface area contributed by atoms with Gasteiger partial charge in [0, 0.05) is 43.5 Å². The van der Waals surface area contributed by atoms with E-state index in [2.05, 4.69) is 14.7 Å². The number of nitrogens with zero attached hydrogens (tertiary/aromatic N) is 3. The molecular formula is C19H20N4O5S. The van der Waals surface area contributed by atoms with Crippen LogP contribution in [0.25, 0.3) is 10.8 Å². The number of ether oxygens (including phenoxy) is 1. The number of hydrogen-bond acceptors (Lipinski definition) is 6. The van der Waals surface area contributed by atoms with Crippen LogP contribution in [0.1, 0.15) is 5.56 Å². The zero-order valence-electron chi connectivity index (χ0n) is 15.8. The molecule has 0 saturated carbocycles. The fraction of sp³-hybridized carbons (Fsp3) is 0.211. The molecule has 0 aliphatic rings. The van der Waals surface area contributed by atoms with Gasteiger partial charge < -0.3 is 9.84 Å². The number of aliphatic carboxylic acids is 1. The van der Waals surface area contributed by atoms with Gasteiger partial charge in [-0.1, -0.05) is 12.1 Å². The van der Waals surface area contributed by atoms with Crippen LogP contribution in [0.4, 0.5) is 0 Å². The molecule has 9 nitrogen and oxygen atoms in total. The third-order valence-electron chi connectivity index (χ3n) is 4.18. The first-order valence-corrected chi connectivity index (χ1v) is 10.1. The minimum atomic E-state index is -3.87. The standard InChI is InChI=1S/C19H20N4O5S/c1-23(2)29(26,27)22-17(19(24)25)11-13-3-5-15(6-4-13)28-18-16-8-9-20-12-14(16)7-10-21-18/h3-10,12,17,22H,11H2,1-2H3,(H,24,25)/t17-/m0/s1. The van der Waals surface area contributed by atoms with Gasteiger partial charge in [0.05, 0.1) is 0 Å². The summed E-state index contributed by atoms with van der Waals surface area (Å²) in [4.78, 5) is 19.8. The van der Waals surface area contributed by atoms with Crippen molar-refractivity contribution in [3.05, 3.63) is 60.6 Å². The van der Waals surface area contributed by atoms with E-state index in [0.29, 0.717) is 17.2 Å². The second-order valence-electron chi connectivity index (χ2n) is 6.46. The number of carboxylic acid groups (broad SMARTS) is 1. The van der Waals surface area contributed by atoms with E-state index in [1.165, 1.54) is 14.1 Å². The molecule has 0 amide bonds. The Bertz CT molecular complexity index is 1110. The normalized spacial score (nSPS) is 12.8. The van der Waals surface area contributed by atoms with Crippen LogP contribution < -0.4 is 9.46 Å². The fourth-order valence-corrected chi connectivity index (χ4v) is 3.33. The third-order valence-corrected chi connectivity index (χ3v) is 5.72. The lowest BCUT2D eigenvalue weighted by Crippen LogP contribution is -2.47. The predicted molar refractivity (Wildman–Crippen MR) is 107 cm³/mol. The number of pyridine rings is 2. The summed E-state index contributed by atoms with van der Waals surface area (Å²) in [6.07, 6.45) is 4.98. The quantitative estimate of drug-likeness (QED) is 0.574. The molecule has 0 bridgehead atoms. The minimum Gasteiger partial charge on any atom is -0.480 e. The van der Waals surface area contributed by atoms with Crippen LogP contribution >= 0.6 is 0 Å². The zero-order chi connectivity index (χ0) is 21.0. The maximum atomic E-state index is 11.9. The molecule has 2 aromatic heterocycles. The Labute approximate surface area is 168 Å². The SMILES string of the molecule is CN(C)S(=O)(=O)N[C@@H](Cc1ccc(Oc2nccc3cnccc23)cc1)C(=O)O. The van der Waals surface area contributed by atoms with Gasteiger partial charge in [-0.25, -0.2) is 4.98 Å². The van der Waals surface area contributed by atoms with Crippen LogP contribution in [-0.4, -0.2) is 53.9 Å². The Kier molecular flexibility index (Phi) is 6.06. The van der Waals surface area contributed by atoms with Crippen LogP contribution in [0.15, 0.2) is 55.0 Å². The van der Waals surface area contributed by atoms with E-state index in [-0.39, 0.29) is 6.42 Å². The summed E-state index contributed by atoms with van der Waals surface area (Å²) in [5.41, 5.74) is 0.640. The first kappa shape index (κ1) is 20.6. The average molecular weight is 416 g/mol. The average Bonchev–Trinajstić information content (AvgIpc) is 2.69. The highest BCUT2D eigenvalue weighted by atomic mass is 32.2. The molecule has 152 valence electrons. The first-order chi connectivity index (χ1) is 13.8. The minimum absolute atomic E-state index is 0.0130. The number of fused-ring (bicyclic) bond motifs is 1. The summed E-state index contributed by atoms with van der Waals surface area (Å²) < 4.78 is 32.8. The molecule has 3 rings (SSSR count). The van der Waals surface area contributed by atoms with E-state index in [1.54, 1.807) is 48.9 Å². The van der Waals surface area contributed by atoms with Gasteiger partial charge >= 0.3 is 5.97 Å². The highest BCUT2D eigenvalue weighted by Crippen LogP contribution is 2.27. The van der Waals surface area contributed by atoms with Gasteiger partial charge in [0.2, 0.25) is 5.88 Å². The molecule has 0 unspecified atom stereocenters. The monoisotopic (exact) mass is 416 g/mol. The van der Waals surface area contributed by atoms with Crippen molar-refractivity contribution in [2.24, 2.45) is 0 Å². The Balaban J connectivity index is 1.74. The van der Waals surface area contributed by atoms with Crippen LogP contribution in [0.3, 0.4) is 0 Å². The Morgan fingerprint density at radius 1 is 1.17 bits per heavy atom. The van der Waals surface area contributed by atoms with Crippen molar-refractivity contribution in [1.82, 2.24) is 19.0 Å². The van der Waals surface area contributed by atoms with Gasteiger partial charge in [-0.3, -0.25) is 9.78 Å². The molecule has 0 aliphatic heterocycles. The topological polar surface area (TPSA) is 122 Å². The van der Waals surface area contributed by atoms with Crippen molar-refractivity contribution in [3.63, 3.8) is 0 Å². The molecule has 2 N–H and O–H groups in total. The molecule has 0 spiro atoms. The van der Waals surface area contributed by atoms with Gasteiger partial charge in [0.15, 0.2) is 0 Å². The van der Waals surface area contributed by atoms with Gasteiger partial charge in [0.25, 0.3) is 10.2 Å². The van der Waals surface area contributed by atoms with Crippen molar-refractivity contribution >= 4 is 27.0 Å². The first-order valence-electron chi connectivity index (χ1n) is 8.64. The molecule has 0 fully saturated rings. The molecule has 10 heteroatoms. The maximum absolute atomic E-state index is 11.9. The van der Waals surface area contributed by atoms with E-state index in [9.17, 15) is 18.3 Å². The van der Waals surface area contributed by atoms with Crippen molar-refractivity contribution in [2.45, 2.75) is 12.5 Å². The lowest BCUT2D eigenvalue weighted by Gasteiger charge is -2.18. The highest BCUT2D eigenvalue weighted by molar-refractivity contribution is 7.87. The number of benzene rings is 1. The number of rotatable bonds is 8. The summed E-state index contributed by atoms with van der Waals surface area (Å²) in [7, 11) is -1.22. The van der Waals surface area contributed by atoms with Crippen molar-refractivity contribution < 1.29 is 23.1 Å². The Morgan fingerprint density at radius 2 is 1.90 bits per heavy atom. The number of aromatic nitrogens is 2. The number of nitrogens with one attached hydrogen (secondary N) is 1. The van der Waals surface area contributed by atoms with Gasteiger partial charge in [-0.15, -0.1) is 0 Å². The van der Waals surface area contributed by atoms with Crippen LogP contribution in [0, 0.1) is 0 Å². The van der Waals surface area contributed by atoms with Gasteiger partial charge in [-0.05, 0) is 36.2 Å². The summed E-state index contributed by atoms with van der Waals surface area (Å²) in [5.74, 6) is -0.310. The summed E-state index contributed by atoms with van der Waals surface area (Å²) in [6, 6.07) is 9.07. The van der Waals surface area contributed by atoms with E-state index < -0.39 is 22.2 Å². The molecular weight excluding hydrogens is 396 g/mol. The molecule has 0 saturated heterocycles. The second kappa shape index (κ2) is 8.52. The lowest BCUT2D eigenvalue weighted by atomic mass is 10.1. The zero-order valence-corrected chi connectivity index (χ0v) is 16.6. The van der Waals surface area contributed by atoms with Gasteiger partial charge in [-0.2, -0.15) is 17.4 Å². The summed E-state index contributed by atoms with van der Waals surface area (Å²) in [6.45, 7) is 0. The number of carboxylic acids is 1. The van der Waals surface area contributed by atoms with Gasteiger partial charge in [0.1, 0.15) is 11.8 Å².